The van der Waals surface area contributed by atoms with Crippen LogP contribution in [-0.4, -0.2) is 38.7 Å². The first-order valence-electron chi connectivity index (χ1n) is 7.51. The number of aliphatic imine (C=N–C) groups is 1. The number of nitrogens with zero attached hydrogens (tertiary/aromatic N) is 2. The van der Waals surface area contributed by atoms with Crippen LogP contribution in [0.5, 0.6) is 0 Å². The topological polar surface area (TPSA) is 39.7 Å². The first-order valence-corrected chi connectivity index (χ1v) is 7.51. The van der Waals surface area contributed by atoms with Gasteiger partial charge in [-0.15, -0.1) is 24.0 Å². The van der Waals surface area contributed by atoms with Crippen LogP contribution in [-0.2, 0) is 0 Å². The van der Waals surface area contributed by atoms with Gasteiger partial charge in [0.15, 0.2) is 5.96 Å². The first kappa shape index (κ1) is 18.1. The molecule has 1 atom stereocenters. The molecule has 0 bridgehead atoms. The Kier molecular flexibility index (Phi) is 7.85. The summed E-state index contributed by atoms with van der Waals surface area (Å²) in [5.74, 6) is 0.919. The highest BCUT2D eigenvalue weighted by molar-refractivity contribution is 14.0. The number of hydrogen-bond acceptors (Lipinski definition) is 2. The third kappa shape index (κ3) is 5.37. The Morgan fingerprint density at radius 3 is 2.67 bits per heavy atom. The molecule has 0 amide bonds. The molecule has 0 aromatic heterocycles. The van der Waals surface area contributed by atoms with Gasteiger partial charge in [0, 0.05) is 38.4 Å². The molecule has 1 aliphatic rings. The highest BCUT2D eigenvalue weighted by Gasteiger charge is 2.23. The molecular formula is C16H27IN4. The maximum absolute atomic E-state index is 4.27. The molecule has 0 saturated carbocycles. The van der Waals surface area contributed by atoms with Crippen LogP contribution in [0.1, 0.15) is 25.3 Å². The maximum atomic E-state index is 4.27. The average molecular weight is 402 g/mol. The third-order valence-corrected chi connectivity index (χ3v) is 3.69. The monoisotopic (exact) mass is 402 g/mol. The van der Waals surface area contributed by atoms with Gasteiger partial charge in [0.25, 0.3) is 0 Å². The normalized spacial score (nSPS) is 18.3. The molecule has 2 rings (SSSR count). The van der Waals surface area contributed by atoms with Crippen LogP contribution in [0, 0.1) is 6.92 Å². The van der Waals surface area contributed by atoms with Gasteiger partial charge in [0.05, 0.1) is 0 Å². The zero-order valence-electron chi connectivity index (χ0n) is 13.2. The quantitative estimate of drug-likeness (QED) is 0.462. The smallest absolute Gasteiger partial charge is 0.191 e. The second kappa shape index (κ2) is 9.12. The second-order valence-corrected chi connectivity index (χ2v) is 5.41. The maximum Gasteiger partial charge on any atom is 0.191 e. The molecule has 5 heteroatoms. The Morgan fingerprint density at radius 2 is 2.05 bits per heavy atom. The molecule has 1 aromatic rings. The van der Waals surface area contributed by atoms with Gasteiger partial charge >= 0.3 is 0 Å². The van der Waals surface area contributed by atoms with Crippen LogP contribution in [0.3, 0.4) is 0 Å². The van der Waals surface area contributed by atoms with Crippen molar-refractivity contribution in [2.24, 2.45) is 4.99 Å². The summed E-state index contributed by atoms with van der Waals surface area (Å²) in [5.41, 5.74) is 2.63. The van der Waals surface area contributed by atoms with Crippen LogP contribution < -0.4 is 15.5 Å². The van der Waals surface area contributed by atoms with Gasteiger partial charge < -0.3 is 15.5 Å². The molecule has 0 radical (unpaired) electrons. The number of hydrogen-bond donors (Lipinski definition) is 2. The largest absolute Gasteiger partial charge is 0.369 e. The molecular weight excluding hydrogens is 375 g/mol. The molecule has 0 aliphatic carbocycles. The number of anilines is 1. The molecule has 1 aliphatic heterocycles. The number of aryl methyl sites for hydroxylation is 1. The predicted molar refractivity (Wildman–Crippen MR) is 102 cm³/mol. The Hall–Kier alpha value is -0.980. The Bertz CT molecular complexity index is 444. The summed E-state index contributed by atoms with van der Waals surface area (Å²) in [6.07, 6.45) is 2.27. The van der Waals surface area contributed by atoms with Gasteiger partial charge in [0.1, 0.15) is 0 Å². The lowest BCUT2D eigenvalue weighted by molar-refractivity contribution is 0.647. The summed E-state index contributed by atoms with van der Waals surface area (Å²) in [7, 11) is 1.83. The average Bonchev–Trinajstić information content (AvgIpc) is 2.92. The van der Waals surface area contributed by atoms with Crippen molar-refractivity contribution in [3.8, 4) is 0 Å². The van der Waals surface area contributed by atoms with Gasteiger partial charge in [-0.3, -0.25) is 4.99 Å². The first-order chi connectivity index (χ1) is 9.72. The lowest BCUT2D eigenvalue weighted by Gasteiger charge is -2.20. The summed E-state index contributed by atoms with van der Waals surface area (Å²) < 4.78 is 0. The fraction of sp³-hybridized carbons (Fsp3) is 0.562. The fourth-order valence-electron chi connectivity index (χ4n) is 2.50. The fourth-order valence-corrected chi connectivity index (χ4v) is 2.50. The van der Waals surface area contributed by atoms with Gasteiger partial charge in [-0.25, -0.2) is 0 Å². The Morgan fingerprint density at radius 1 is 1.33 bits per heavy atom. The van der Waals surface area contributed by atoms with Crippen LogP contribution in [0.15, 0.2) is 29.3 Å². The summed E-state index contributed by atoms with van der Waals surface area (Å²) >= 11 is 0. The van der Waals surface area contributed by atoms with E-state index in [0.29, 0.717) is 6.04 Å². The lowest BCUT2D eigenvalue weighted by Crippen LogP contribution is -2.44. The second-order valence-electron chi connectivity index (χ2n) is 5.41. The minimum absolute atomic E-state index is 0. The van der Waals surface area contributed by atoms with E-state index in [1.807, 2.05) is 7.05 Å². The van der Waals surface area contributed by atoms with Crippen LogP contribution in [0.25, 0.3) is 0 Å². The highest BCUT2D eigenvalue weighted by atomic mass is 127. The molecule has 1 saturated heterocycles. The summed E-state index contributed by atoms with van der Waals surface area (Å²) in [5, 5.41) is 6.84. The number of rotatable bonds is 4. The predicted octanol–water partition coefficient (Wildman–Crippen LogP) is 2.77. The van der Waals surface area contributed by atoms with E-state index in [4.69, 9.17) is 0 Å². The van der Waals surface area contributed by atoms with Crippen molar-refractivity contribution in [2.75, 3.05) is 31.6 Å². The number of nitrogens with one attached hydrogen (secondary N) is 2. The highest BCUT2D eigenvalue weighted by Crippen LogP contribution is 2.20. The van der Waals surface area contributed by atoms with Crippen molar-refractivity contribution < 1.29 is 0 Å². The standard InChI is InChI=1S/C16H26N4.HI/c1-4-10-18-16(17-3)19-14-9-11-20(12-14)15-7-5-13(2)6-8-15;/h5-8,14H,4,9-12H2,1-3H3,(H2,17,18,19);1H. The molecule has 21 heavy (non-hydrogen) atoms. The van der Waals surface area contributed by atoms with Gasteiger partial charge in [-0.05, 0) is 31.9 Å². The lowest BCUT2D eigenvalue weighted by atomic mass is 10.2. The summed E-state index contributed by atoms with van der Waals surface area (Å²) in [6.45, 7) is 7.39. The van der Waals surface area contributed by atoms with E-state index < -0.39 is 0 Å². The van der Waals surface area contributed by atoms with Gasteiger partial charge in [-0.1, -0.05) is 24.6 Å². The number of benzene rings is 1. The van der Waals surface area contributed by atoms with Crippen molar-refractivity contribution in [3.63, 3.8) is 0 Å². The SMILES string of the molecule is CCCNC(=NC)NC1CCN(c2ccc(C)cc2)C1.I. The van der Waals surface area contributed by atoms with E-state index >= 15 is 0 Å². The van der Waals surface area contributed by atoms with Crippen molar-refractivity contribution in [1.82, 2.24) is 10.6 Å². The Balaban J connectivity index is 0.00000220. The summed E-state index contributed by atoms with van der Waals surface area (Å²) in [4.78, 5) is 6.71. The molecule has 118 valence electrons. The summed E-state index contributed by atoms with van der Waals surface area (Å²) in [6, 6.07) is 9.25. The molecule has 4 nitrogen and oxygen atoms in total. The van der Waals surface area contributed by atoms with Gasteiger partial charge in [0.2, 0.25) is 0 Å². The van der Waals surface area contributed by atoms with Crippen molar-refractivity contribution >= 4 is 35.6 Å². The molecule has 1 unspecified atom stereocenters. The number of guanidine groups is 1. The molecule has 1 fully saturated rings. The minimum atomic E-state index is 0. The zero-order chi connectivity index (χ0) is 14.4. The molecule has 1 aromatic carbocycles. The van der Waals surface area contributed by atoms with E-state index in [0.717, 1.165) is 38.4 Å². The van der Waals surface area contributed by atoms with E-state index in [1.165, 1.54) is 11.3 Å². The number of halogens is 1. The van der Waals surface area contributed by atoms with Crippen molar-refractivity contribution in [2.45, 2.75) is 32.7 Å². The molecule has 0 spiro atoms. The van der Waals surface area contributed by atoms with E-state index in [2.05, 4.69) is 58.6 Å². The zero-order valence-corrected chi connectivity index (χ0v) is 15.6. The minimum Gasteiger partial charge on any atom is -0.369 e. The molecule has 1 heterocycles. The molecule has 2 N–H and O–H groups in total. The van der Waals surface area contributed by atoms with E-state index in [1.54, 1.807) is 0 Å². The van der Waals surface area contributed by atoms with Gasteiger partial charge in [-0.2, -0.15) is 0 Å². The van der Waals surface area contributed by atoms with Crippen LogP contribution >= 0.6 is 24.0 Å². The van der Waals surface area contributed by atoms with Crippen molar-refractivity contribution in [1.29, 1.82) is 0 Å². The Labute approximate surface area is 145 Å². The van der Waals surface area contributed by atoms with E-state index in [9.17, 15) is 0 Å². The van der Waals surface area contributed by atoms with Crippen molar-refractivity contribution in [3.05, 3.63) is 29.8 Å². The van der Waals surface area contributed by atoms with E-state index in [-0.39, 0.29) is 24.0 Å². The van der Waals surface area contributed by atoms with Crippen LogP contribution in [0.2, 0.25) is 0 Å². The third-order valence-electron chi connectivity index (χ3n) is 3.69. The van der Waals surface area contributed by atoms with Crippen LogP contribution in [0.4, 0.5) is 5.69 Å².